The predicted molar refractivity (Wildman–Crippen MR) is 64.2 cm³/mol. The van der Waals surface area contributed by atoms with Gasteiger partial charge in [0.2, 0.25) is 0 Å². The van der Waals surface area contributed by atoms with Crippen LogP contribution in [-0.2, 0) is 0 Å². The molecule has 0 aliphatic rings. The first kappa shape index (κ1) is 12.5. The molecule has 0 aliphatic heterocycles. The molecule has 0 spiro atoms. The Balaban J connectivity index is 2.80. The highest BCUT2D eigenvalue weighted by atomic mass is 16.3. The summed E-state index contributed by atoms with van der Waals surface area (Å²) in [5.74, 6) is -0.198. The number of amides is 1. The quantitative estimate of drug-likeness (QED) is 0.667. The maximum atomic E-state index is 11.8. The van der Waals surface area contributed by atoms with Crippen LogP contribution in [0.3, 0.4) is 0 Å². The molecule has 16 heavy (non-hydrogen) atoms. The van der Waals surface area contributed by atoms with Gasteiger partial charge in [-0.3, -0.25) is 4.79 Å². The Hall–Kier alpha value is -1.55. The van der Waals surface area contributed by atoms with Crippen LogP contribution in [0.5, 0.6) is 0 Å². The monoisotopic (exact) mass is 222 g/mol. The molecule has 0 bridgehead atoms. The van der Waals surface area contributed by atoms with Gasteiger partial charge in [-0.25, -0.2) is 0 Å². The maximum absolute atomic E-state index is 11.8. The maximum Gasteiger partial charge on any atom is 0.251 e. The number of aryl methyl sites for hydroxylation is 1. The van der Waals surface area contributed by atoms with Crippen LogP contribution in [0.2, 0.25) is 0 Å². The highest BCUT2D eigenvalue weighted by Crippen LogP contribution is 2.11. The van der Waals surface area contributed by atoms with Crippen molar-refractivity contribution in [3.05, 3.63) is 29.3 Å². The molecule has 0 aromatic heterocycles. The molecular weight excluding hydrogens is 204 g/mol. The third-order valence-corrected chi connectivity index (χ3v) is 2.41. The van der Waals surface area contributed by atoms with Gasteiger partial charge in [-0.15, -0.1) is 0 Å². The van der Waals surface area contributed by atoms with Gasteiger partial charge in [0, 0.05) is 11.3 Å². The molecule has 1 atom stereocenters. The van der Waals surface area contributed by atoms with E-state index < -0.39 is 0 Å². The van der Waals surface area contributed by atoms with E-state index in [-0.39, 0.29) is 18.6 Å². The standard InChI is InChI=1S/C12H18N2O2/c1-3-11(7-15)14-12(16)9-4-8(2)5-10(13)6-9/h4-6,11,15H,3,7,13H2,1-2H3,(H,14,16)/t11-/m0/s1. The van der Waals surface area contributed by atoms with E-state index in [1.54, 1.807) is 18.2 Å². The topological polar surface area (TPSA) is 75.3 Å². The van der Waals surface area contributed by atoms with E-state index in [0.29, 0.717) is 17.7 Å². The Morgan fingerprint density at radius 3 is 2.69 bits per heavy atom. The summed E-state index contributed by atoms with van der Waals surface area (Å²) >= 11 is 0. The number of nitrogens with two attached hydrogens (primary N) is 1. The van der Waals surface area contributed by atoms with E-state index >= 15 is 0 Å². The van der Waals surface area contributed by atoms with Crippen LogP contribution in [0.25, 0.3) is 0 Å². The van der Waals surface area contributed by atoms with Crippen LogP contribution >= 0.6 is 0 Å². The number of rotatable bonds is 4. The average Bonchev–Trinajstić information content (AvgIpc) is 2.24. The second kappa shape index (κ2) is 5.51. The first-order valence-corrected chi connectivity index (χ1v) is 5.35. The number of benzene rings is 1. The van der Waals surface area contributed by atoms with E-state index in [9.17, 15) is 4.79 Å². The second-order valence-electron chi connectivity index (χ2n) is 3.89. The Morgan fingerprint density at radius 1 is 1.50 bits per heavy atom. The van der Waals surface area contributed by atoms with Crippen LogP contribution in [0.1, 0.15) is 29.3 Å². The third kappa shape index (κ3) is 3.24. The van der Waals surface area contributed by atoms with Crippen molar-refractivity contribution in [3.8, 4) is 0 Å². The first-order chi connectivity index (χ1) is 7.56. The van der Waals surface area contributed by atoms with E-state index in [2.05, 4.69) is 5.32 Å². The highest BCUT2D eigenvalue weighted by Gasteiger charge is 2.11. The van der Waals surface area contributed by atoms with E-state index in [0.717, 1.165) is 5.56 Å². The molecule has 0 unspecified atom stereocenters. The summed E-state index contributed by atoms with van der Waals surface area (Å²) < 4.78 is 0. The van der Waals surface area contributed by atoms with Gasteiger partial charge in [0.1, 0.15) is 0 Å². The zero-order valence-electron chi connectivity index (χ0n) is 9.66. The SMILES string of the molecule is CC[C@@H](CO)NC(=O)c1cc(C)cc(N)c1. The van der Waals surface area contributed by atoms with Crippen molar-refractivity contribution >= 4 is 11.6 Å². The minimum absolute atomic E-state index is 0.0520. The lowest BCUT2D eigenvalue weighted by molar-refractivity contribution is 0.0915. The number of carbonyl (C=O) groups is 1. The van der Waals surface area contributed by atoms with Crippen LogP contribution < -0.4 is 11.1 Å². The molecule has 0 saturated heterocycles. The molecule has 4 nitrogen and oxygen atoms in total. The van der Waals surface area contributed by atoms with Crippen molar-refractivity contribution in [2.75, 3.05) is 12.3 Å². The number of nitrogen functional groups attached to an aromatic ring is 1. The number of aliphatic hydroxyl groups excluding tert-OH is 1. The van der Waals surface area contributed by atoms with Crippen LogP contribution in [0.4, 0.5) is 5.69 Å². The molecule has 1 rings (SSSR count). The van der Waals surface area contributed by atoms with Crippen molar-refractivity contribution in [3.63, 3.8) is 0 Å². The van der Waals surface area contributed by atoms with Gasteiger partial charge in [0.05, 0.1) is 12.6 Å². The number of anilines is 1. The highest BCUT2D eigenvalue weighted by molar-refractivity contribution is 5.95. The van der Waals surface area contributed by atoms with Gasteiger partial charge in [0.25, 0.3) is 5.91 Å². The molecule has 4 N–H and O–H groups in total. The Bertz CT molecular complexity index is 353. The number of hydrogen-bond acceptors (Lipinski definition) is 3. The van der Waals surface area contributed by atoms with E-state index in [1.807, 2.05) is 13.8 Å². The molecule has 1 aromatic carbocycles. The van der Waals surface area contributed by atoms with Crippen molar-refractivity contribution in [1.82, 2.24) is 5.32 Å². The summed E-state index contributed by atoms with van der Waals surface area (Å²) in [6, 6.07) is 5.01. The van der Waals surface area contributed by atoms with Crippen molar-refractivity contribution in [2.24, 2.45) is 0 Å². The predicted octanol–water partition coefficient (Wildman–Crippen LogP) is 1.08. The molecule has 0 heterocycles. The first-order valence-electron chi connectivity index (χ1n) is 5.35. The third-order valence-electron chi connectivity index (χ3n) is 2.41. The van der Waals surface area contributed by atoms with Crippen LogP contribution in [0.15, 0.2) is 18.2 Å². The summed E-state index contributed by atoms with van der Waals surface area (Å²) in [5, 5.41) is 11.7. The van der Waals surface area contributed by atoms with Crippen LogP contribution in [0, 0.1) is 6.92 Å². The summed E-state index contributed by atoms with van der Waals surface area (Å²) in [4.78, 5) is 11.8. The van der Waals surface area contributed by atoms with Gasteiger partial charge >= 0.3 is 0 Å². The molecule has 0 aliphatic carbocycles. The Labute approximate surface area is 95.5 Å². The summed E-state index contributed by atoms with van der Waals surface area (Å²) in [7, 11) is 0. The van der Waals surface area contributed by atoms with Gasteiger partial charge in [-0.05, 0) is 37.1 Å². The molecule has 88 valence electrons. The lowest BCUT2D eigenvalue weighted by atomic mass is 10.1. The molecular formula is C12H18N2O2. The fraction of sp³-hybridized carbons (Fsp3) is 0.417. The minimum Gasteiger partial charge on any atom is -0.399 e. The fourth-order valence-corrected chi connectivity index (χ4v) is 1.49. The largest absolute Gasteiger partial charge is 0.399 e. The average molecular weight is 222 g/mol. The van der Waals surface area contributed by atoms with Gasteiger partial charge in [0.15, 0.2) is 0 Å². The number of nitrogens with one attached hydrogen (secondary N) is 1. The van der Waals surface area contributed by atoms with E-state index in [4.69, 9.17) is 10.8 Å². The molecule has 0 saturated carbocycles. The van der Waals surface area contributed by atoms with Gasteiger partial charge < -0.3 is 16.2 Å². The number of hydrogen-bond donors (Lipinski definition) is 3. The lowest BCUT2D eigenvalue weighted by Crippen LogP contribution is -2.36. The fourth-order valence-electron chi connectivity index (χ4n) is 1.49. The molecule has 4 heteroatoms. The van der Waals surface area contributed by atoms with Crippen molar-refractivity contribution in [2.45, 2.75) is 26.3 Å². The van der Waals surface area contributed by atoms with E-state index in [1.165, 1.54) is 0 Å². The number of carbonyl (C=O) groups excluding carboxylic acids is 1. The molecule has 1 amide bonds. The Morgan fingerprint density at radius 2 is 2.19 bits per heavy atom. The van der Waals surface area contributed by atoms with Crippen molar-refractivity contribution in [1.29, 1.82) is 0 Å². The normalized spacial score (nSPS) is 12.2. The summed E-state index contributed by atoms with van der Waals surface area (Å²) in [6.07, 6.45) is 0.698. The second-order valence-corrected chi connectivity index (χ2v) is 3.89. The smallest absolute Gasteiger partial charge is 0.251 e. The molecule has 0 fully saturated rings. The zero-order valence-corrected chi connectivity index (χ0v) is 9.66. The summed E-state index contributed by atoms with van der Waals surface area (Å²) in [5.41, 5.74) is 7.71. The molecule has 1 aromatic rings. The minimum atomic E-state index is -0.200. The van der Waals surface area contributed by atoms with Gasteiger partial charge in [-0.2, -0.15) is 0 Å². The molecule has 0 radical (unpaired) electrons. The Kier molecular flexibility index (Phi) is 4.31. The van der Waals surface area contributed by atoms with Gasteiger partial charge in [-0.1, -0.05) is 6.92 Å². The zero-order chi connectivity index (χ0) is 12.1. The van der Waals surface area contributed by atoms with Crippen LogP contribution in [-0.4, -0.2) is 23.7 Å². The number of aliphatic hydroxyl groups is 1. The lowest BCUT2D eigenvalue weighted by Gasteiger charge is -2.14. The summed E-state index contributed by atoms with van der Waals surface area (Å²) in [6.45, 7) is 3.74. The van der Waals surface area contributed by atoms with Crippen molar-refractivity contribution < 1.29 is 9.90 Å².